The van der Waals surface area contributed by atoms with Gasteiger partial charge in [-0.25, -0.2) is 14.1 Å². The molecule has 3 aromatic rings. The van der Waals surface area contributed by atoms with Crippen LogP contribution in [0.1, 0.15) is 18.9 Å². The number of nitrogens with zero attached hydrogens (tertiary/aromatic N) is 1. The largest absolute Gasteiger partial charge is 0.345 e. The molecule has 1 heterocycles. The van der Waals surface area contributed by atoms with E-state index in [-0.39, 0.29) is 11.9 Å². The number of hydrogen-bond acceptors (Lipinski definition) is 4. The Bertz CT molecular complexity index is 792. The van der Waals surface area contributed by atoms with Crippen LogP contribution >= 0.6 is 12.1 Å². The van der Waals surface area contributed by atoms with Crippen molar-refractivity contribution in [2.24, 2.45) is 0 Å². The summed E-state index contributed by atoms with van der Waals surface area (Å²) in [7, 11) is 0. The van der Waals surface area contributed by atoms with Crippen LogP contribution in [0.25, 0.3) is 11.3 Å². The molecule has 3 N–H and O–H groups in total. The highest BCUT2D eigenvalue weighted by Gasteiger charge is 2.12. The van der Waals surface area contributed by atoms with Gasteiger partial charge in [-0.15, -0.1) is 0 Å². The van der Waals surface area contributed by atoms with Gasteiger partial charge >= 0.3 is 0 Å². The molecule has 0 saturated carbocycles. The molecule has 25 heavy (non-hydrogen) atoms. The van der Waals surface area contributed by atoms with Crippen molar-refractivity contribution in [1.82, 2.24) is 14.7 Å². The third-order valence-corrected chi connectivity index (χ3v) is 4.77. The molecular weight excluding hydrogens is 335 g/mol. The molecule has 0 aliphatic rings. The van der Waals surface area contributed by atoms with Gasteiger partial charge in [0.2, 0.25) is 0 Å². The Morgan fingerprint density at radius 2 is 2.08 bits per heavy atom. The maximum atomic E-state index is 13.2. The van der Waals surface area contributed by atoms with Gasteiger partial charge in [0.25, 0.3) is 0 Å². The molecule has 2 aromatic carbocycles. The summed E-state index contributed by atoms with van der Waals surface area (Å²) in [5, 5.41) is 0. The van der Waals surface area contributed by atoms with Crippen molar-refractivity contribution in [3.8, 4) is 11.3 Å². The molecule has 1 unspecified atom stereocenters. The van der Waals surface area contributed by atoms with Crippen molar-refractivity contribution >= 4 is 17.8 Å². The minimum atomic E-state index is -0.244. The van der Waals surface area contributed by atoms with Crippen LogP contribution < -0.4 is 9.44 Å². The Morgan fingerprint density at radius 3 is 2.84 bits per heavy atom. The Labute approximate surface area is 151 Å². The number of anilines is 1. The maximum absolute atomic E-state index is 13.2. The van der Waals surface area contributed by atoms with E-state index in [1.54, 1.807) is 12.4 Å². The maximum Gasteiger partial charge on any atom is 0.125 e. The summed E-state index contributed by atoms with van der Waals surface area (Å²) in [4.78, 5) is 7.28. The van der Waals surface area contributed by atoms with E-state index in [0.717, 1.165) is 24.2 Å². The van der Waals surface area contributed by atoms with E-state index in [1.807, 2.05) is 18.3 Å². The van der Waals surface area contributed by atoms with Gasteiger partial charge in [-0.1, -0.05) is 37.3 Å². The van der Waals surface area contributed by atoms with Crippen LogP contribution in [-0.2, 0) is 6.42 Å². The van der Waals surface area contributed by atoms with Crippen LogP contribution in [0.5, 0.6) is 0 Å². The predicted molar refractivity (Wildman–Crippen MR) is 103 cm³/mol. The Balaban J connectivity index is 1.61. The van der Waals surface area contributed by atoms with E-state index in [9.17, 15) is 4.39 Å². The fraction of sp³-hybridized carbons (Fsp3) is 0.211. The van der Waals surface area contributed by atoms with E-state index in [4.69, 9.17) is 0 Å². The van der Waals surface area contributed by atoms with Crippen LogP contribution in [0.15, 0.2) is 61.1 Å². The molecule has 3 rings (SSSR count). The minimum Gasteiger partial charge on any atom is -0.345 e. The fourth-order valence-corrected chi connectivity index (χ4v) is 3.34. The van der Waals surface area contributed by atoms with Gasteiger partial charge in [0.1, 0.15) is 5.82 Å². The molecule has 1 atom stereocenters. The summed E-state index contributed by atoms with van der Waals surface area (Å²) in [5.74, 6) is -0.244. The first kappa shape index (κ1) is 17.5. The van der Waals surface area contributed by atoms with Gasteiger partial charge in [0.05, 0.1) is 18.2 Å². The van der Waals surface area contributed by atoms with E-state index in [2.05, 4.69) is 44.5 Å². The fourth-order valence-electron chi connectivity index (χ4n) is 2.62. The lowest BCUT2D eigenvalue weighted by atomic mass is 9.98. The first-order valence-corrected chi connectivity index (χ1v) is 9.07. The predicted octanol–water partition coefficient (Wildman–Crippen LogP) is 4.80. The Hall–Kier alpha value is -2.31. The molecule has 0 fully saturated rings. The van der Waals surface area contributed by atoms with Crippen molar-refractivity contribution < 1.29 is 4.39 Å². The van der Waals surface area contributed by atoms with Gasteiger partial charge in [0.15, 0.2) is 0 Å². The van der Waals surface area contributed by atoms with Crippen LogP contribution in [0, 0.1) is 5.82 Å². The van der Waals surface area contributed by atoms with Crippen molar-refractivity contribution in [2.75, 3.05) is 4.72 Å². The standard InChI is InChI=1S/C19H21FN4S/c1-2-16(23-25-24-17-8-5-7-15(20)11-17)10-14-6-3-4-9-18(14)19-12-21-13-22-19/h3-9,11-13,16,23-24H,2,10H2,1H3,(H,21,22). The normalized spacial score (nSPS) is 12.1. The minimum absolute atomic E-state index is 0.244. The Kier molecular flexibility index (Phi) is 6.09. The highest BCUT2D eigenvalue weighted by molar-refractivity contribution is 7.98. The number of imidazole rings is 1. The molecule has 0 bridgehead atoms. The molecule has 6 heteroatoms. The van der Waals surface area contributed by atoms with Crippen LogP contribution in [0.2, 0.25) is 0 Å². The number of nitrogens with one attached hydrogen (secondary N) is 3. The first-order chi connectivity index (χ1) is 12.3. The summed E-state index contributed by atoms with van der Waals surface area (Å²) >= 11 is 1.38. The summed E-state index contributed by atoms with van der Waals surface area (Å²) in [6, 6.07) is 15.1. The summed E-state index contributed by atoms with van der Waals surface area (Å²) in [6.45, 7) is 2.15. The average Bonchev–Trinajstić information content (AvgIpc) is 3.16. The number of aromatic amines is 1. The molecule has 0 spiro atoms. The molecule has 0 radical (unpaired) electrons. The van der Waals surface area contributed by atoms with E-state index >= 15 is 0 Å². The van der Waals surface area contributed by atoms with E-state index in [1.165, 1.54) is 35.4 Å². The number of rotatable bonds is 8. The van der Waals surface area contributed by atoms with Gasteiger partial charge in [-0.2, -0.15) is 0 Å². The molecule has 0 aliphatic carbocycles. The third-order valence-electron chi connectivity index (χ3n) is 3.98. The molecule has 0 saturated heterocycles. The molecule has 0 amide bonds. The third kappa shape index (κ3) is 4.84. The SMILES string of the molecule is CCC(Cc1ccccc1-c1cnc[nH]1)NSNc1cccc(F)c1. The quantitative estimate of drug-likeness (QED) is 0.507. The number of benzene rings is 2. The topological polar surface area (TPSA) is 52.7 Å². The van der Waals surface area contributed by atoms with Gasteiger partial charge < -0.3 is 9.71 Å². The van der Waals surface area contributed by atoms with Gasteiger partial charge in [0, 0.05) is 29.4 Å². The number of hydrogen-bond donors (Lipinski definition) is 3. The average molecular weight is 356 g/mol. The molecule has 0 aliphatic heterocycles. The lowest BCUT2D eigenvalue weighted by Gasteiger charge is -2.18. The highest BCUT2D eigenvalue weighted by Crippen LogP contribution is 2.23. The van der Waals surface area contributed by atoms with Gasteiger partial charge in [-0.3, -0.25) is 0 Å². The van der Waals surface area contributed by atoms with Crippen molar-refractivity contribution in [3.63, 3.8) is 0 Å². The summed E-state index contributed by atoms with van der Waals surface area (Å²) in [6.07, 6.45) is 5.41. The second-order valence-corrected chi connectivity index (χ2v) is 6.41. The smallest absolute Gasteiger partial charge is 0.125 e. The molecule has 130 valence electrons. The lowest BCUT2D eigenvalue weighted by Crippen LogP contribution is -2.26. The number of H-pyrrole nitrogens is 1. The van der Waals surface area contributed by atoms with E-state index < -0.39 is 0 Å². The molecule has 4 nitrogen and oxygen atoms in total. The molecule has 1 aromatic heterocycles. The van der Waals surface area contributed by atoms with Crippen molar-refractivity contribution in [3.05, 3.63) is 72.4 Å². The van der Waals surface area contributed by atoms with Crippen LogP contribution in [0.3, 0.4) is 0 Å². The number of halogens is 1. The Morgan fingerprint density at radius 1 is 1.20 bits per heavy atom. The van der Waals surface area contributed by atoms with Crippen LogP contribution in [0.4, 0.5) is 10.1 Å². The molecular formula is C19H21FN4S. The second kappa shape index (κ2) is 8.69. The van der Waals surface area contributed by atoms with Crippen molar-refractivity contribution in [2.45, 2.75) is 25.8 Å². The van der Waals surface area contributed by atoms with Gasteiger partial charge in [-0.05, 0) is 36.6 Å². The zero-order valence-electron chi connectivity index (χ0n) is 14.0. The highest BCUT2D eigenvalue weighted by atomic mass is 32.2. The van der Waals surface area contributed by atoms with E-state index in [0.29, 0.717) is 0 Å². The number of aromatic nitrogens is 2. The monoisotopic (exact) mass is 356 g/mol. The summed E-state index contributed by atoms with van der Waals surface area (Å²) in [5.41, 5.74) is 4.20. The zero-order valence-corrected chi connectivity index (χ0v) is 14.8. The first-order valence-electron chi connectivity index (χ1n) is 8.26. The summed E-state index contributed by atoms with van der Waals surface area (Å²) < 4.78 is 19.8. The lowest BCUT2D eigenvalue weighted by molar-refractivity contribution is 0.608. The van der Waals surface area contributed by atoms with Crippen LogP contribution in [-0.4, -0.2) is 16.0 Å². The zero-order chi connectivity index (χ0) is 17.5. The van der Waals surface area contributed by atoms with Crippen molar-refractivity contribution in [1.29, 1.82) is 0 Å². The second-order valence-electron chi connectivity index (χ2n) is 5.76.